The molecular formula is C13H11ClF3N. The molecule has 0 aliphatic carbocycles. The second-order valence-corrected chi connectivity index (χ2v) is 3.67. The zero-order valence-corrected chi connectivity index (χ0v) is 10.1. The average Bonchev–Trinajstić information content (AvgIpc) is 2.29. The van der Waals surface area contributed by atoms with Gasteiger partial charge < -0.3 is 5.73 Å². The Kier molecular flexibility index (Phi) is 4.24. The van der Waals surface area contributed by atoms with E-state index in [0.717, 1.165) is 11.6 Å². The zero-order valence-electron chi connectivity index (χ0n) is 9.24. The van der Waals surface area contributed by atoms with Crippen molar-refractivity contribution in [1.29, 1.82) is 0 Å². The lowest BCUT2D eigenvalue weighted by molar-refractivity contribution is -0.136. The highest BCUT2D eigenvalue weighted by Crippen LogP contribution is 2.36. The molecule has 96 valence electrons. The van der Waals surface area contributed by atoms with Crippen molar-refractivity contribution in [3.05, 3.63) is 54.1 Å². The van der Waals surface area contributed by atoms with Crippen LogP contribution in [0.4, 0.5) is 18.9 Å². The minimum atomic E-state index is -4.42. The Morgan fingerprint density at radius 3 is 2.00 bits per heavy atom. The number of rotatable bonds is 1. The molecule has 0 fully saturated rings. The van der Waals surface area contributed by atoms with Gasteiger partial charge >= 0.3 is 6.18 Å². The average molecular weight is 274 g/mol. The molecule has 2 N–H and O–H groups in total. The van der Waals surface area contributed by atoms with Crippen molar-refractivity contribution in [1.82, 2.24) is 0 Å². The Balaban J connectivity index is 0.00000162. The van der Waals surface area contributed by atoms with Crippen LogP contribution in [-0.4, -0.2) is 0 Å². The highest BCUT2D eigenvalue weighted by molar-refractivity contribution is 5.85. The molecule has 2 rings (SSSR count). The molecule has 0 aliphatic rings. The summed E-state index contributed by atoms with van der Waals surface area (Å²) < 4.78 is 38.0. The second kappa shape index (κ2) is 5.31. The molecule has 0 spiro atoms. The van der Waals surface area contributed by atoms with Gasteiger partial charge in [0.15, 0.2) is 0 Å². The summed E-state index contributed by atoms with van der Waals surface area (Å²) >= 11 is 0. The first-order valence-electron chi connectivity index (χ1n) is 5.00. The highest BCUT2D eigenvalue weighted by atomic mass is 35.5. The summed E-state index contributed by atoms with van der Waals surface area (Å²) in [6, 6.07) is 12.8. The number of hydrogen-bond acceptors (Lipinski definition) is 1. The topological polar surface area (TPSA) is 26.0 Å². The number of halogens is 4. The maximum atomic E-state index is 12.7. The van der Waals surface area contributed by atoms with Crippen molar-refractivity contribution >= 4 is 18.1 Å². The van der Waals surface area contributed by atoms with E-state index in [2.05, 4.69) is 0 Å². The van der Waals surface area contributed by atoms with E-state index in [0.29, 0.717) is 5.56 Å². The van der Waals surface area contributed by atoms with Gasteiger partial charge in [0, 0.05) is 5.69 Å². The van der Waals surface area contributed by atoms with E-state index in [1.807, 2.05) is 6.07 Å². The molecule has 0 radical (unpaired) electrons. The van der Waals surface area contributed by atoms with Crippen LogP contribution in [0.2, 0.25) is 0 Å². The number of benzene rings is 2. The molecule has 0 aromatic heterocycles. The van der Waals surface area contributed by atoms with Gasteiger partial charge in [-0.15, -0.1) is 12.4 Å². The predicted molar refractivity (Wildman–Crippen MR) is 68.5 cm³/mol. The van der Waals surface area contributed by atoms with E-state index in [-0.39, 0.29) is 18.1 Å². The van der Waals surface area contributed by atoms with E-state index >= 15 is 0 Å². The molecular weight excluding hydrogens is 263 g/mol. The lowest BCUT2D eigenvalue weighted by Gasteiger charge is -2.11. The maximum Gasteiger partial charge on any atom is 0.418 e. The van der Waals surface area contributed by atoms with Crippen LogP contribution >= 0.6 is 12.4 Å². The molecule has 0 atom stereocenters. The monoisotopic (exact) mass is 273 g/mol. The summed E-state index contributed by atoms with van der Waals surface area (Å²) in [6.45, 7) is 0. The van der Waals surface area contributed by atoms with Crippen LogP contribution in [0.15, 0.2) is 48.5 Å². The summed E-state index contributed by atoms with van der Waals surface area (Å²) in [4.78, 5) is 0. The summed E-state index contributed by atoms with van der Waals surface area (Å²) in [5, 5.41) is 0. The molecule has 0 bridgehead atoms. The van der Waals surface area contributed by atoms with Crippen LogP contribution in [0.3, 0.4) is 0 Å². The molecule has 0 saturated carbocycles. The summed E-state index contributed by atoms with van der Waals surface area (Å²) in [5.74, 6) is 0. The summed E-state index contributed by atoms with van der Waals surface area (Å²) in [5.41, 5.74) is 5.53. The van der Waals surface area contributed by atoms with Gasteiger partial charge in [-0.3, -0.25) is 0 Å². The van der Waals surface area contributed by atoms with Gasteiger partial charge in [-0.1, -0.05) is 36.4 Å². The minimum Gasteiger partial charge on any atom is -0.398 e. The van der Waals surface area contributed by atoms with Gasteiger partial charge in [0.2, 0.25) is 0 Å². The van der Waals surface area contributed by atoms with Crippen LogP contribution in [0.25, 0.3) is 11.1 Å². The Morgan fingerprint density at radius 1 is 0.833 bits per heavy atom. The Bertz CT molecular complexity index is 524. The van der Waals surface area contributed by atoms with Gasteiger partial charge in [-0.2, -0.15) is 13.2 Å². The molecule has 2 aromatic carbocycles. The lowest BCUT2D eigenvalue weighted by Crippen LogP contribution is -2.08. The molecule has 18 heavy (non-hydrogen) atoms. The quantitative estimate of drug-likeness (QED) is 0.767. The van der Waals surface area contributed by atoms with Gasteiger partial charge in [-0.25, -0.2) is 0 Å². The number of alkyl halides is 3. The molecule has 0 unspecified atom stereocenters. The maximum absolute atomic E-state index is 12.7. The lowest BCUT2D eigenvalue weighted by atomic mass is 10.0. The van der Waals surface area contributed by atoms with Crippen LogP contribution < -0.4 is 5.73 Å². The van der Waals surface area contributed by atoms with Gasteiger partial charge in [0.05, 0.1) is 5.56 Å². The molecule has 5 heteroatoms. The molecule has 0 heterocycles. The number of nitrogens with two attached hydrogens (primary N) is 1. The normalized spacial score (nSPS) is 10.8. The first-order chi connectivity index (χ1) is 7.98. The third-order valence-electron chi connectivity index (χ3n) is 2.47. The minimum absolute atomic E-state index is 0. The molecule has 0 amide bonds. The largest absolute Gasteiger partial charge is 0.418 e. The fraction of sp³-hybridized carbons (Fsp3) is 0.0769. The third kappa shape index (κ3) is 2.96. The first kappa shape index (κ1) is 14.4. The van der Waals surface area contributed by atoms with E-state index in [4.69, 9.17) is 5.73 Å². The van der Waals surface area contributed by atoms with Crippen molar-refractivity contribution in [3.8, 4) is 11.1 Å². The van der Waals surface area contributed by atoms with E-state index < -0.39 is 11.7 Å². The van der Waals surface area contributed by atoms with Crippen LogP contribution in [0.5, 0.6) is 0 Å². The SMILES string of the molecule is Cl.Nc1ccc(-c2ccccc2)cc1C(F)(F)F. The van der Waals surface area contributed by atoms with Gasteiger partial charge in [-0.05, 0) is 23.3 Å². The summed E-state index contributed by atoms with van der Waals surface area (Å²) in [7, 11) is 0. The Labute approximate surface area is 109 Å². The van der Waals surface area contributed by atoms with Crippen molar-refractivity contribution in [2.24, 2.45) is 0 Å². The van der Waals surface area contributed by atoms with Gasteiger partial charge in [0.25, 0.3) is 0 Å². The number of nitrogen functional groups attached to an aromatic ring is 1. The van der Waals surface area contributed by atoms with E-state index in [9.17, 15) is 13.2 Å². The Hall–Kier alpha value is -1.68. The van der Waals surface area contributed by atoms with Crippen molar-refractivity contribution in [3.63, 3.8) is 0 Å². The standard InChI is InChI=1S/C13H10F3N.ClH/c14-13(15,16)11-8-10(6-7-12(11)17)9-4-2-1-3-5-9;/h1-8H,17H2;1H. The van der Waals surface area contributed by atoms with Crippen LogP contribution in [-0.2, 0) is 6.18 Å². The zero-order chi connectivity index (χ0) is 12.5. The molecule has 2 aromatic rings. The summed E-state index contributed by atoms with van der Waals surface area (Å²) in [6.07, 6.45) is -4.42. The predicted octanol–water partition coefficient (Wildman–Crippen LogP) is 4.38. The van der Waals surface area contributed by atoms with E-state index in [1.165, 1.54) is 6.07 Å². The van der Waals surface area contributed by atoms with Crippen molar-refractivity contribution in [2.75, 3.05) is 5.73 Å². The van der Waals surface area contributed by atoms with Crippen molar-refractivity contribution < 1.29 is 13.2 Å². The molecule has 0 saturated heterocycles. The fourth-order valence-corrected chi connectivity index (χ4v) is 1.61. The van der Waals surface area contributed by atoms with Crippen LogP contribution in [0.1, 0.15) is 5.56 Å². The fourth-order valence-electron chi connectivity index (χ4n) is 1.61. The van der Waals surface area contributed by atoms with Gasteiger partial charge in [0.1, 0.15) is 0 Å². The Morgan fingerprint density at radius 2 is 1.44 bits per heavy atom. The highest BCUT2D eigenvalue weighted by Gasteiger charge is 2.33. The van der Waals surface area contributed by atoms with E-state index in [1.54, 1.807) is 30.3 Å². The van der Waals surface area contributed by atoms with Crippen LogP contribution in [0, 0.1) is 0 Å². The smallest absolute Gasteiger partial charge is 0.398 e. The first-order valence-corrected chi connectivity index (χ1v) is 5.00. The number of anilines is 1. The second-order valence-electron chi connectivity index (χ2n) is 3.67. The third-order valence-corrected chi connectivity index (χ3v) is 2.47. The van der Waals surface area contributed by atoms with Crippen molar-refractivity contribution in [2.45, 2.75) is 6.18 Å². The molecule has 0 aliphatic heterocycles. The molecule has 1 nitrogen and oxygen atoms in total. The number of hydrogen-bond donors (Lipinski definition) is 1.